The molecule has 4 rings (SSSR count). The third kappa shape index (κ3) is 2.32. The zero-order valence-corrected chi connectivity index (χ0v) is 14.1. The molecule has 1 aliphatic heterocycles. The molecule has 0 saturated carbocycles. The number of halogens is 2. The standard InChI is InChI=1S/C15H11Br2N3O/c16-10-5-9-7-20(8-21-14(9)11(17)6-10)15-18-12-3-1-2-4-13(12)19-15/h1-6H,7-8H2,(H,18,19). The van der Waals surface area contributed by atoms with Gasteiger partial charge in [0.2, 0.25) is 5.95 Å². The molecule has 3 aromatic rings. The lowest BCUT2D eigenvalue weighted by Gasteiger charge is -2.29. The van der Waals surface area contributed by atoms with E-state index >= 15 is 0 Å². The summed E-state index contributed by atoms with van der Waals surface area (Å²) in [7, 11) is 0. The van der Waals surface area contributed by atoms with Crippen molar-refractivity contribution in [3.63, 3.8) is 0 Å². The van der Waals surface area contributed by atoms with Gasteiger partial charge in [0.25, 0.3) is 0 Å². The number of anilines is 1. The molecule has 0 spiro atoms. The fourth-order valence-corrected chi connectivity index (χ4v) is 3.94. The molecule has 21 heavy (non-hydrogen) atoms. The van der Waals surface area contributed by atoms with Crippen LogP contribution >= 0.6 is 31.9 Å². The van der Waals surface area contributed by atoms with Gasteiger partial charge in [-0.2, -0.15) is 0 Å². The molecule has 0 saturated heterocycles. The van der Waals surface area contributed by atoms with E-state index in [1.807, 2.05) is 30.3 Å². The van der Waals surface area contributed by atoms with E-state index in [-0.39, 0.29) is 0 Å². The van der Waals surface area contributed by atoms with Crippen LogP contribution in [0.25, 0.3) is 11.0 Å². The van der Waals surface area contributed by atoms with Gasteiger partial charge in [0.1, 0.15) is 5.75 Å². The first-order valence-electron chi connectivity index (χ1n) is 6.51. The van der Waals surface area contributed by atoms with E-state index in [0.29, 0.717) is 6.73 Å². The molecule has 2 aromatic carbocycles. The largest absolute Gasteiger partial charge is 0.471 e. The molecule has 0 radical (unpaired) electrons. The minimum absolute atomic E-state index is 0.479. The first-order chi connectivity index (χ1) is 10.2. The number of ether oxygens (including phenoxy) is 1. The maximum absolute atomic E-state index is 5.87. The van der Waals surface area contributed by atoms with Crippen LogP contribution in [-0.4, -0.2) is 16.7 Å². The van der Waals surface area contributed by atoms with E-state index in [2.05, 4.69) is 52.8 Å². The number of rotatable bonds is 1. The molecular weight excluding hydrogens is 398 g/mol. The van der Waals surface area contributed by atoms with Crippen LogP contribution in [0, 0.1) is 0 Å². The third-order valence-corrected chi connectivity index (χ3v) is 4.53. The Morgan fingerprint density at radius 3 is 2.90 bits per heavy atom. The molecule has 0 unspecified atom stereocenters. The van der Waals surface area contributed by atoms with Crippen LogP contribution < -0.4 is 9.64 Å². The molecule has 0 aliphatic carbocycles. The van der Waals surface area contributed by atoms with Crippen LogP contribution in [0.1, 0.15) is 5.56 Å². The number of para-hydroxylation sites is 2. The third-order valence-electron chi connectivity index (χ3n) is 3.49. The van der Waals surface area contributed by atoms with Gasteiger partial charge in [-0.25, -0.2) is 4.98 Å². The van der Waals surface area contributed by atoms with Crippen molar-refractivity contribution < 1.29 is 4.74 Å². The summed E-state index contributed by atoms with van der Waals surface area (Å²) in [5.41, 5.74) is 3.13. The Hall–Kier alpha value is -1.53. The number of H-pyrrole nitrogens is 1. The predicted molar refractivity (Wildman–Crippen MR) is 89.6 cm³/mol. The van der Waals surface area contributed by atoms with Gasteiger partial charge in [-0.3, -0.25) is 0 Å². The highest BCUT2D eigenvalue weighted by atomic mass is 79.9. The van der Waals surface area contributed by atoms with Crippen molar-refractivity contribution in [3.8, 4) is 5.75 Å². The minimum Gasteiger partial charge on any atom is -0.471 e. The zero-order chi connectivity index (χ0) is 14.4. The lowest BCUT2D eigenvalue weighted by atomic mass is 10.2. The highest BCUT2D eigenvalue weighted by Crippen LogP contribution is 2.36. The van der Waals surface area contributed by atoms with Crippen molar-refractivity contribution in [2.24, 2.45) is 0 Å². The SMILES string of the molecule is Brc1cc(Br)c2c(c1)CN(c1nc3ccccc3[nH]1)CO2. The number of aromatic amines is 1. The lowest BCUT2D eigenvalue weighted by molar-refractivity contribution is 0.285. The molecule has 4 nitrogen and oxygen atoms in total. The second kappa shape index (κ2) is 5.03. The Morgan fingerprint density at radius 2 is 2.05 bits per heavy atom. The van der Waals surface area contributed by atoms with E-state index in [1.54, 1.807) is 0 Å². The van der Waals surface area contributed by atoms with Crippen molar-refractivity contribution in [1.82, 2.24) is 9.97 Å². The topological polar surface area (TPSA) is 41.2 Å². The Labute approximate surface area is 138 Å². The van der Waals surface area contributed by atoms with Crippen LogP contribution in [0.2, 0.25) is 0 Å². The maximum atomic E-state index is 5.87. The van der Waals surface area contributed by atoms with Crippen LogP contribution in [0.3, 0.4) is 0 Å². The summed E-state index contributed by atoms with van der Waals surface area (Å²) in [6.07, 6.45) is 0. The van der Waals surface area contributed by atoms with Gasteiger partial charge in [-0.1, -0.05) is 28.1 Å². The normalized spacial score (nSPS) is 14.1. The van der Waals surface area contributed by atoms with Crippen molar-refractivity contribution in [1.29, 1.82) is 0 Å². The van der Waals surface area contributed by atoms with E-state index in [9.17, 15) is 0 Å². The number of nitrogens with zero attached hydrogens (tertiary/aromatic N) is 2. The first-order valence-corrected chi connectivity index (χ1v) is 8.10. The Kier molecular flexibility index (Phi) is 3.15. The van der Waals surface area contributed by atoms with Crippen molar-refractivity contribution in [2.45, 2.75) is 6.54 Å². The molecule has 0 atom stereocenters. The van der Waals surface area contributed by atoms with E-state index in [1.165, 1.54) is 0 Å². The van der Waals surface area contributed by atoms with E-state index in [4.69, 9.17) is 4.74 Å². The second-order valence-corrected chi connectivity index (χ2v) is 6.69. The van der Waals surface area contributed by atoms with Gasteiger partial charge in [0.05, 0.1) is 22.1 Å². The summed E-state index contributed by atoms with van der Waals surface area (Å²) in [5.74, 6) is 1.74. The van der Waals surface area contributed by atoms with Gasteiger partial charge >= 0.3 is 0 Å². The molecule has 1 aromatic heterocycles. The van der Waals surface area contributed by atoms with Gasteiger partial charge in [0.15, 0.2) is 6.73 Å². The number of hydrogen-bond donors (Lipinski definition) is 1. The average Bonchev–Trinajstić information content (AvgIpc) is 2.90. The van der Waals surface area contributed by atoms with Crippen molar-refractivity contribution >= 4 is 48.8 Å². The first kappa shape index (κ1) is 13.2. The van der Waals surface area contributed by atoms with Crippen LogP contribution in [0.4, 0.5) is 5.95 Å². The van der Waals surface area contributed by atoms with Crippen molar-refractivity contribution in [2.75, 3.05) is 11.6 Å². The molecule has 0 bridgehead atoms. The lowest BCUT2D eigenvalue weighted by Crippen LogP contribution is -2.32. The Bertz CT molecular complexity index is 798. The second-order valence-electron chi connectivity index (χ2n) is 4.92. The number of hydrogen-bond acceptors (Lipinski definition) is 3. The summed E-state index contributed by atoms with van der Waals surface area (Å²) in [6, 6.07) is 12.1. The van der Waals surface area contributed by atoms with Gasteiger partial charge in [0, 0.05) is 10.0 Å². The Balaban J connectivity index is 1.71. The summed E-state index contributed by atoms with van der Waals surface area (Å²) in [5, 5.41) is 0. The molecule has 1 N–H and O–H groups in total. The number of benzene rings is 2. The summed E-state index contributed by atoms with van der Waals surface area (Å²) in [6.45, 7) is 1.24. The molecule has 0 amide bonds. The van der Waals surface area contributed by atoms with E-state index < -0.39 is 0 Å². The van der Waals surface area contributed by atoms with Crippen LogP contribution in [-0.2, 0) is 6.54 Å². The van der Waals surface area contributed by atoms with Gasteiger partial charge in [-0.15, -0.1) is 0 Å². The van der Waals surface area contributed by atoms with Crippen molar-refractivity contribution in [3.05, 3.63) is 50.9 Å². The number of nitrogens with one attached hydrogen (secondary N) is 1. The van der Waals surface area contributed by atoms with Crippen LogP contribution in [0.5, 0.6) is 5.75 Å². The summed E-state index contributed by atoms with van der Waals surface area (Å²) < 4.78 is 7.87. The molecule has 106 valence electrons. The van der Waals surface area contributed by atoms with Gasteiger partial charge < -0.3 is 14.6 Å². The molecule has 0 fully saturated rings. The number of fused-ring (bicyclic) bond motifs is 2. The van der Waals surface area contributed by atoms with E-state index in [0.717, 1.165) is 43.8 Å². The molecule has 2 heterocycles. The average molecular weight is 409 g/mol. The predicted octanol–water partition coefficient (Wildman–Crippen LogP) is 4.44. The monoisotopic (exact) mass is 407 g/mol. The van der Waals surface area contributed by atoms with Crippen LogP contribution in [0.15, 0.2) is 45.3 Å². The number of imidazole rings is 1. The fourth-order valence-electron chi connectivity index (χ4n) is 2.51. The van der Waals surface area contributed by atoms with Gasteiger partial charge in [-0.05, 0) is 40.2 Å². The quantitative estimate of drug-likeness (QED) is 0.646. The minimum atomic E-state index is 0.479. The molecule has 6 heteroatoms. The summed E-state index contributed by atoms with van der Waals surface area (Å²) in [4.78, 5) is 10.0. The number of aromatic nitrogens is 2. The maximum Gasteiger partial charge on any atom is 0.206 e. The smallest absolute Gasteiger partial charge is 0.206 e. The zero-order valence-electron chi connectivity index (χ0n) is 10.9. The fraction of sp³-hybridized carbons (Fsp3) is 0.133. The Morgan fingerprint density at radius 1 is 1.19 bits per heavy atom. The highest BCUT2D eigenvalue weighted by Gasteiger charge is 2.22. The molecule has 1 aliphatic rings. The highest BCUT2D eigenvalue weighted by molar-refractivity contribution is 9.11. The molecular formula is C15H11Br2N3O. The summed E-state index contributed by atoms with van der Waals surface area (Å²) >= 11 is 7.06.